The van der Waals surface area contributed by atoms with Gasteiger partial charge in [-0.1, -0.05) is 6.92 Å². The topological polar surface area (TPSA) is 46.5 Å². The van der Waals surface area contributed by atoms with E-state index in [1.54, 1.807) is 0 Å². The van der Waals surface area contributed by atoms with Crippen molar-refractivity contribution in [2.24, 2.45) is 0 Å². The first-order valence-corrected chi connectivity index (χ1v) is 5.89. The molecule has 0 fully saturated rings. The van der Waals surface area contributed by atoms with Crippen LogP contribution < -0.4 is 0 Å². The van der Waals surface area contributed by atoms with Crippen LogP contribution in [0.15, 0.2) is 12.1 Å². The van der Waals surface area contributed by atoms with E-state index in [2.05, 4.69) is 0 Å². The standard InChI is InChI=1S/C14H20O3/c1-5-6-17-14(11(4)15)12-7-9(2)13(16)10(3)8-12/h7-8,14,16H,5-6H2,1-4H3. The molecule has 0 heterocycles. The van der Waals surface area contributed by atoms with Gasteiger partial charge in [0.05, 0.1) is 0 Å². The average molecular weight is 236 g/mol. The largest absolute Gasteiger partial charge is 0.507 e. The summed E-state index contributed by atoms with van der Waals surface area (Å²) >= 11 is 0. The number of phenolic OH excluding ortho intramolecular Hbond substituents is 1. The average Bonchev–Trinajstić information content (AvgIpc) is 2.25. The molecule has 0 saturated carbocycles. The van der Waals surface area contributed by atoms with Gasteiger partial charge in [0, 0.05) is 6.61 Å². The van der Waals surface area contributed by atoms with Crippen molar-refractivity contribution in [3.05, 3.63) is 28.8 Å². The maximum absolute atomic E-state index is 11.6. The predicted molar refractivity (Wildman–Crippen MR) is 67.2 cm³/mol. The maximum atomic E-state index is 11.6. The minimum Gasteiger partial charge on any atom is -0.507 e. The van der Waals surface area contributed by atoms with Gasteiger partial charge < -0.3 is 9.84 Å². The normalized spacial score (nSPS) is 12.5. The van der Waals surface area contributed by atoms with Crippen LogP contribution in [0.25, 0.3) is 0 Å². The molecule has 0 aliphatic rings. The highest BCUT2D eigenvalue weighted by molar-refractivity contribution is 5.82. The van der Waals surface area contributed by atoms with Crippen molar-refractivity contribution in [1.29, 1.82) is 0 Å². The molecule has 3 heteroatoms. The van der Waals surface area contributed by atoms with Crippen LogP contribution in [-0.4, -0.2) is 17.5 Å². The number of phenols is 1. The van der Waals surface area contributed by atoms with Crippen LogP contribution in [0.5, 0.6) is 5.75 Å². The Morgan fingerprint density at radius 1 is 1.35 bits per heavy atom. The molecule has 0 amide bonds. The first-order valence-electron chi connectivity index (χ1n) is 5.89. The number of hydrogen-bond donors (Lipinski definition) is 1. The highest BCUT2D eigenvalue weighted by atomic mass is 16.5. The molecule has 0 aliphatic carbocycles. The van der Waals surface area contributed by atoms with Crippen molar-refractivity contribution in [2.45, 2.75) is 40.2 Å². The molecule has 1 unspecified atom stereocenters. The zero-order valence-electron chi connectivity index (χ0n) is 10.9. The van der Waals surface area contributed by atoms with E-state index in [1.807, 2.05) is 32.9 Å². The number of ketones is 1. The van der Waals surface area contributed by atoms with E-state index in [0.29, 0.717) is 6.61 Å². The van der Waals surface area contributed by atoms with Gasteiger partial charge >= 0.3 is 0 Å². The van der Waals surface area contributed by atoms with Gasteiger partial charge in [-0.3, -0.25) is 4.79 Å². The van der Waals surface area contributed by atoms with E-state index >= 15 is 0 Å². The second-order valence-electron chi connectivity index (χ2n) is 4.36. The molecular weight excluding hydrogens is 216 g/mol. The fourth-order valence-corrected chi connectivity index (χ4v) is 1.82. The summed E-state index contributed by atoms with van der Waals surface area (Å²) in [5.74, 6) is 0.273. The number of benzene rings is 1. The lowest BCUT2D eigenvalue weighted by atomic mass is 10.00. The molecule has 3 nitrogen and oxygen atoms in total. The third-order valence-corrected chi connectivity index (χ3v) is 2.67. The van der Waals surface area contributed by atoms with E-state index in [0.717, 1.165) is 23.1 Å². The maximum Gasteiger partial charge on any atom is 0.163 e. The smallest absolute Gasteiger partial charge is 0.163 e. The van der Waals surface area contributed by atoms with Crippen molar-refractivity contribution in [3.63, 3.8) is 0 Å². The lowest BCUT2D eigenvalue weighted by Crippen LogP contribution is -2.14. The fraction of sp³-hybridized carbons (Fsp3) is 0.500. The van der Waals surface area contributed by atoms with Crippen LogP contribution in [0.3, 0.4) is 0 Å². The van der Waals surface area contributed by atoms with Crippen LogP contribution >= 0.6 is 0 Å². The van der Waals surface area contributed by atoms with Gasteiger partial charge in [0.2, 0.25) is 0 Å². The molecule has 0 aromatic heterocycles. The van der Waals surface area contributed by atoms with Crippen LogP contribution in [-0.2, 0) is 9.53 Å². The number of carbonyl (C=O) groups is 1. The summed E-state index contributed by atoms with van der Waals surface area (Å²) in [6.45, 7) is 7.73. The minimum atomic E-state index is -0.520. The Morgan fingerprint density at radius 3 is 2.29 bits per heavy atom. The highest BCUT2D eigenvalue weighted by Crippen LogP contribution is 2.28. The van der Waals surface area contributed by atoms with E-state index in [1.165, 1.54) is 6.92 Å². The third-order valence-electron chi connectivity index (χ3n) is 2.67. The Bertz CT molecular complexity index is 387. The van der Waals surface area contributed by atoms with Crippen molar-refractivity contribution in [1.82, 2.24) is 0 Å². The molecule has 0 radical (unpaired) electrons. The predicted octanol–water partition coefficient (Wildman–Crippen LogP) is 3.07. The summed E-state index contributed by atoms with van der Waals surface area (Å²) in [6.07, 6.45) is 0.354. The fourth-order valence-electron chi connectivity index (χ4n) is 1.82. The number of ether oxygens (including phenoxy) is 1. The van der Waals surface area contributed by atoms with Gasteiger partial charge in [-0.05, 0) is 56.0 Å². The molecule has 0 bridgehead atoms. The Kier molecular flexibility index (Phi) is 4.70. The van der Waals surface area contributed by atoms with Crippen molar-refractivity contribution >= 4 is 5.78 Å². The molecule has 1 N–H and O–H groups in total. The van der Waals surface area contributed by atoms with Gasteiger partial charge in [-0.25, -0.2) is 0 Å². The molecule has 1 rings (SSSR count). The summed E-state index contributed by atoms with van der Waals surface area (Å²) < 4.78 is 5.56. The molecule has 0 saturated heterocycles. The van der Waals surface area contributed by atoms with Gasteiger partial charge in [0.25, 0.3) is 0 Å². The van der Waals surface area contributed by atoms with Crippen LogP contribution in [0, 0.1) is 13.8 Å². The number of carbonyl (C=O) groups excluding carboxylic acids is 1. The molecule has 1 atom stereocenters. The van der Waals surface area contributed by atoms with Crippen molar-refractivity contribution in [3.8, 4) is 5.75 Å². The van der Waals surface area contributed by atoms with E-state index < -0.39 is 6.10 Å². The molecule has 1 aromatic rings. The molecule has 17 heavy (non-hydrogen) atoms. The van der Waals surface area contributed by atoms with Gasteiger partial charge in [-0.2, -0.15) is 0 Å². The van der Waals surface area contributed by atoms with E-state index in [4.69, 9.17) is 4.74 Å². The van der Waals surface area contributed by atoms with Crippen LogP contribution in [0.4, 0.5) is 0 Å². The lowest BCUT2D eigenvalue weighted by Gasteiger charge is -2.17. The third kappa shape index (κ3) is 3.30. The summed E-state index contributed by atoms with van der Waals surface area (Å²) in [7, 11) is 0. The summed E-state index contributed by atoms with van der Waals surface area (Å²) in [5, 5.41) is 9.70. The lowest BCUT2D eigenvalue weighted by molar-refractivity contribution is -0.128. The Balaban J connectivity index is 3.06. The van der Waals surface area contributed by atoms with E-state index in [-0.39, 0.29) is 11.5 Å². The zero-order valence-corrected chi connectivity index (χ0v) is 10.9. The SMILES string of the molecule is CCCOC(C(C)=O)c1cc(C)c(O)c(C)c1. The number of Topliss-reactive ketones (excluding diaryl/α,β-unsaturated/α-hetero) is 1. The van der Waals surface area contributed by atoms with Crippen molar-refractivity contribution < 1.29 is 14.6 Å². The first kappa shape index (κ1) is 13.7. The minimum absolute atomic E-state index is 0.0112. The second-order valence-corrected chi connectivity index (χ2v) is 4.36. The number of aryl methyl sites for hydroxylation is 2. The van der Waals surface area contributed by atoms with Gasteiger partial charge in [-0.15, -0.1) is 0 Å². The number of hydrogen-bond acceptors (Lipinski definition) is 3. The monoisotopic (exact) mass is 236 g/mol. The quantitative estimate of drug-likeness (QED) is 0.854. The molecule has 94 valence electrons. The summed E-state index contributed by atoms with van der Waals surface area (Å²) in [5.41, 5.74) is 2.36. The molecule has 1 aromatic carbocycles. The first-order chi connectivity index (χ1) is 7.97. The number of rotatable bonds is 5. The Hall–Kier alpha value is -1.35. The van der Waals surface area contributed by atoms with Gasteiger partial charge in [0.1, 0.15) is 11.9 Å². The summed E-state index contributed by atoms with van der Waals surface area (Å²) in [4.78, 5) is 11.6. The van der Waals surface area contributed by atoms with Crippen LogP contribution in [0.2, 0.25) is 0 Å². The van der Waals surface area contributed by atoms with Crippen LogP contribution in [0.1, 0.15) is 43.1 Å². The van der Waals surface area contributed by atoms with Gasteiger partial charge in [0.15, 0.2) is 5.78 Å². The molecule has 0 aliphatic heterocycles. The van der Waals surface area contributed by atoms with E-state index in [9.17, 15) is 9.90 Å². The Labute approximate surface area is 102 Å². The van der Waals surface area contributed by atoms with Crippen molar-refractivity contribution in [2.75, 3.05) is 6.61 Å². The Morgan fingerprint density at radius 2 is 1.88 bits per heavy atom. The zero-order chi connectivity index (χ0) is 13.0. The second kappa shape index (κ2) is 5.82. The molecule has 0 spiro atoms. The number of aromatic hydroxyl groups is 1. The molecular formula is C14H20O3. The highest BCUT2D eigenvalue weighted by Gasteiger charge is 2.18. The summed E-state index contributed by atoms with van der Waals surface area (Å²) in [6, 6.07) is 3.62.